The highest BCUT2D eigenvalue weighted by molar-refractivity contribution is 8.01. The molecule has 0 radical (unpaired) electrons. The smallest absolute Gasteiger partial charge is 0.262 e. The zero-order valence-corrected chi connectivity index (χ0v) is 18.8. The van der Waals surface area contributed by atoms with Crippen molar-refractivity contribution in [1.29, 1.82) is 0 Å². The topological polar surface area (TPSA) is 89.6 Å². The predicted molar refractivity (Wildman–Crippen MR) is 124 cm³/mol. The number of hydrogen-bond donors (Lipinski definition) is 2. The number of amides is 2. The van der Waals surface area contributed by atoms with Gasteiger partial charge in [0.05, 0.1) is 12.9 Å². The second kappa shape index (κ2) is 11.4. The van der Waals surface area contributed by atoms with Gasteiger partial charge < -0.3 is 20.1 Å². The van der Waals surface area contributed by atoms with Gasteiger partial charge in [0.15, 0.2) is 10.9 Å². The Bertz CT molecular complexity index is 1020. The minimum Gasteiger partial charge on any atom is -0.497 e. The summed E-state index contributed by atoms with van der Waals surface area (Å²) in [6, 6.07) is 16.7. The molecule has 0 aliphatic heterocycles. The molecule has 1 aromatic heterocycles. The molecule has 9 heteroatoms. The Morgan fingerprint density at radius 3 is 2.58 bits per heavy atom. The number of thiazole rings is 1. The van der Waals surface area contributed by atoms with E-state index in [4.69, 9.17) is 9.47 Å². The molecule has 0 bridgehead atoms. The van der Waals surface area contributed by atoms with Crippen LogP contribution in [0.4, 0.5) is 5.00 Å². The van der Waals surface area contributed by atoms with Crippen LogP contribution in [-0.2, 0) is 9.59 Å². The van der Waals surface area contributed by atoms with E-state index in [1.807, 2.05) is 37.3 Å². The summed E-state index contributed by atoms with van der Waals surface area (Å²) in [5, 5.41) is 6.27. The normalized spacial score (nSPS) is 10.4. The summed E-state index contributed by atoms with van der Waals surface area (Å²) in [6.07, 6.45) is 0. The lowest BCUT2D eigenvalue weighted by Crippen LogP contribution is -2.24. The minimum atomic E-state index is -0.302. The number of rotatable bonds is 10. The fraction of sp³-hybridized carbons (Fsp3) is 0.227. The molecule has 3 rings (SSSR count). The first-order valence-corrected chi connectivity index (χ1v) is 11.4. The maximum absolute atomic E-state index is 12.5. The fourth-order valence-corrected chi connectivity index (χ4v) is 4.53. The van der Waals surface area contributed by atoms with Crippen LogP contribution in [0.3, 0.4) is 0 Å². The van der Waals surface area contributed by atoms with Crippen molar-refractivity contribution in [3.8, 4) is 22.8 Å². The molecule has 162 valence electrons. The molecule has 1 heterocycles. The molecule has 7 nitrogen and oxygen atoms in total. The molecule has 0 aliphatic rings. The second-order valence-electron chi connectivity index (χ2n) is 6.28. The summed E-state index contributed by atoms with van der Waals surface area (Å²) in [5.41, 5.74) is 1.55. The monoisotopic (exact) mass is 457 g/mol. The number of carbonyl (C=O) groups excluding carboxylic acids is 2. The first-order valence-electron chi connectivity index (χ1n) is 9.61. The third kappa shape index (κ3) is 6.73. The molecule has 0 spiro atoms. The van der Waals surface area contributed by atoms with Gasteiger partial charge in [-0.25, -0.2) is 4.98 Å². The van der Waals surface area contributed by atoms with Crippen LogP contribution in [0.2, 0.25) is 0 Å². The molecular formula is C22H23N3O4S2. The molecule has 0 aliphatic carbocycles. The van der Waals surface area contributed by atoms with Gasteiger partial charge in [-0.1, -0.05) is 59.5 Å². The van der Waals surface area contributed by atoms with E-state index in [1.54, 1.807) is 31.4 Å². The molecule has 0 unspecified atom stereocenters. The van der Waals surface area contributed by atoms with Gasteiger partial charge >= 0.3 is 0 Å². The van der Waals surface area contributed by atoms with Crippen molar-refractivity contribution in [3.63, 3.8) is 0 Å². The van der Waals surface area contributed by atoms with E-state index in [0.717, 1.165) is 5.56 Å². The molecule has 31 heavy (non-hydrogen) atoms. The molecule has 2 aromatic carbocycles. The maximum Gasteiger partial charge on any atom is 0.262 e. The Morgan fingerprint density at radius 1 is 1.06 bits per heavy atom. The van der Waals surface area contributed by atoms with Gasteiger partial charge in [0.2, 0.25) is 5.91 Å². The van der Waals surface area contributed by atoms with Crippen molar-refractivity contribution < 1.29 is 19.1 Å². The van der Waals surface area contributed by atoms with Crippen LogP contribution in [-0.4, -0.2) is 42.8 Å². The van der Waals surface area contributed by atoms with Gasteiger partial charge in [0.25, 0.3) is 5.91 Å². The quantitative estimate of drug-likeness (QED) is 0.446. The molecule has 0 saturated heterocycles. The van der Waals surface area contributed by atoms with Crippen molar-refractivity contribution in [2.45, 2.75) is 11.3 Å². The third-order valence-corrected chi connectivity index (χ3v) is 6.13. The maximum atomic E-state index is 12.5. The average Bonchev–Trinajstić information content (AvgIpc) is 3.20. The van der Waals surface area contributed by atoms with Crippen LogP contribution in [0.1, 0.15) is 6.92 Å². The van der Waals surface area contributed by atoms with Crippen molar-refractivity contribution >= 4 is 39.9 Å². The lowest BCUT2D eigenvalue weighted by molar-refractivity contribution is -0.119. The number of carbonyl (C=O) groups is 2. The molecular weight excluding hydrogens is 434 g/mol. The Labute approximate surface area is 189 Å². The SMILES string of the molecule is CCNC(=O)CSc1nc(-c2ccccc2)c(NC(=O)COc2cccc(OC)c2)s1. The van der Waals surface area contributed by atoms with E-state index in [-0.39, 0.29) is 24.2 Å². The zero-order valence-electron chi connectivity index (χ0n) is 17.2. The van der Waals surface area contributed by atoms with E-state index in [9.17, 15) is 9.59 Å². The summed E-state index contributed by atoms with van der Waals surface area (Å²) >= 11 is 2.67. The van der Waals surface area contributed by atoms with Gasteiger partial charge in [-0.05, 0) is 19.1 Å². The van der Waals surface area contributed by atoms with Gasteiger partial charge in [-0.15, -0.1) is 0 Å². The summed E-state index contributed by atoms with van der Waals surface area (Å²) in [7, 11) is 1.57. The standard InChI is InChI=1S/C22H23N3O4S2/c1-3-23-19(27)14-30-22-25-20(15-8-5-4-6-9-15)21(31-22)24-18(26)13-29-17-11-7-10-16(12-17)28-2/h4-12H,3,13-14H2,1-2H3,(H,23,27)(H,24,26). The molecule has 0 fully saturated rings. The highest BCUT2D eigenvalue weighted by Crippen LogP contribution is 2.37. The first-order chi connectivity index (χ1) is 15.1. The highest BCUT2D eigenvalue weighted by Gasteiger charge is 2.17. The summed E-state index contributed by atoms with van der Waals surface area (Å²) < 4.78 is 11.4. The minimum absolute atomic E-state index is 0.0544. The average molecular weight is 458 g/mol. The van der Waals surface area contributed by atoms with E-state index < -0.39 is 0 Å². The van der Waals surface area contributed by atoms with Crippen molar-refractivity contribution in [2.75, 3.05) is 31.3 Å². The number of anilines is 1. The number of aromatic nitrogens is 1. The van der Waals surface area contributed by atoms with E-state index >= 15 is 0 Å². The predicted octanol–water partition coefficient (Wildman–Crippen LogP) is 4.06. The summed E-state index contributed by atoms with van der Waals surface area (Å²) in [4.78, 5) is 28.9. The van der Waals surface area contributed by atoms with E-state index in [0.29, 0.717) is 33.1 Å². The molecule has 0 saturated carbocycles. The Kier molecular flexibility index (Phi) is 8.31. The second-order valence-corrected chi connectivity index (χ2v) is 8.50. The Hall–Kier alpha value is -3.04. The Balaban J connectivity index is 1.70. The molecule has 2 N–H and O–H groups in total. The zero-order chi connectivity index (χ0) is 22.1. The van der Waals surface area contributed by atoms with Crippen LogP contribution in [0.15, 0.2) is 58.9 Å². The van der Waals surface area contributed by atoms with Crippen LogP contribution < -0.4 is 20.1 Å². The number of ether oxygens (including phenoxy) is 2. The van der Waals surface area contributed by atoms with Crippen molar-refractivity contribution in [3.05, 3.63) is 54.6 Å². The van der Waals surface area contributed by atoms with Gasteiger partial charge in [-0.2, -0.15) is 0 Å². The van der Waals surface area contributed by atoms with Gasteiger partial charge in [0, 0.05) is 18.2 Å². The first kappa shape index (κ1) is 22.6. The molecule has 0 atom stereocenters. The number of nitrogens with one attached hydrogen (secondary N) is 2. The number of nitrogens with zero attached hydrogens (tertiary/aromatic N) is 1. The molecule has 2 amide bonds. The highest BCUT2D eigenvalue weighted by atomic mass is 32.2. The lowest BCUT2D eigenvalue weighted by Gasteiger charge is -2.08. The van der Waals surface area contributed by atoms with Crippen LogP contribution >= 0.6 is 23.1 Å². The van der Waals surface area contributed by atoms with E-state index in [1.165, 1.54) is 23.1 Å². The largest absolute Gasteiger partial charge is 0.497 e. The number of benzene rings is 2. The summed E-state index contributed by atoms with van der Waals surface area (Å²) in [6.45, 7) is 2.31. The molecule has 3 aromatic rings. The van der Waals surface area contributed by atoms with Crippen molar-refractivity contribution in [1.82, 2.24) is 10.3 Å². The summed E-state index contributed by atoms with van der Waals surface area (Å²) in [5.74, 6) is 1.10. The van der Waals surface area contributed by atoms with E-state index in [2.05, 4.69) is 15.6 Å². The van der Waals surface area contributed by atoms with Gasteiger partial charge in [-0.3, -0.25) is 9.59 Å². The number of methoxy groups -OCH3 is 1. The van der Waals surface area contributed by atoms with Crippen LogP contribution in [0.5, 0.6) is 11.5 Å². The fourth-order valence-electron chi connectivity index (χ4n) is 2.62. The Morgan fingerprint density at radius 2 is 1.84 bits per heavy atom. The van der Waals surface area contributed by atoms with Crippen LogP contribution in [0, 0.1) is 0 Å². The lowest BCUT2D eigenvalue weighted by atomic mass is 10.2. The van der Waals surface area contributed by atoms with Gasteiger partial charge in [0.1, 0.15) is 22.2 Å². The number of hydrogen-bond acceptors (Lipinski definition) is 7. The number of thioether (sulfide) groups is 1. The van der Waals surface area contributed by atoms with Crippen molar-refractivity contribution in [2.24, 2.45) is 0 Å². The third-order valence-electron chi connectivity index (χ3n) is 4.02. The van der Waals surface area contributed by atoms with Crippen LogP contribution in [0.25, 0.3) is 11.3 Å².